The van der Waals surface area contributed by atoms with Gasteiger partial charge < -0.3 is 25.4 Å². The Bertz CT molecular complexity index is 862. The summed E-state index contributed by atoms with van der Waals surface area (Å²) in [5.41, 5.74) is 2.58. The summed E-state index contributed by atoms with van der Waals surface area (Å²) in [5, 5.41) is 20.9. The maximum absolute atomic E-state index is 10.9. The lowest BCUT2D eigenvalue weighted by molar-refractivity contribution is 0.0946. The maximum Gasteiger partial charge on any atom is 0.147 e. The number of aromatic nitrogens is 2. The summed E-state index contributed by atoms with van der Waals surface area (Å²) in [5.74, 6) is 0. The fourth-order valence-corrected chi connectivity index (χ4v) is 4.49. The van der Waals surface area contributed by atoms with Crippen LogP contribution in [-0.4, -0.2) is 65.5 Å². The zero-order valence-corrected chi connectivity index (χ0v) is 18.0. The number of β-amino-alcohol motifs (C(OH)–C–C–N with tert-alkyl or cyclic N) is 1. The largest absolute Gasteiger partial charge is 0.387 e. The lowest BCUT2D eigenvalue weighted by Gasteiger charge is -2.34. The Hall–Kier alpha value is -2.10. The molecule has 0 aromatic carbocycles. The molecule has 1 fully saturated rings. The number of likely N-dealkylation sites (tertiary alicyclic amines) is 1. The minimum absolute atomic E-state index is 0.195. The zero-order chi connectivity index (χ0) is 20.8. The van der Waals surface area contributed by atoms with E-state index in [1.807, 2.05) is 29.8 Å². The summed E-state index contributed by atoms with van der Waals surface area (Å²) in [6.07, 6.45) is 13.1. The number of piperidine rings is 1. The van der Waals surface area contributed by atoms with Gasteiger partial charge in [0.1, 0.15) is 11.2 Å². The topological polar surface area (TPSA) is 82.5 Å². The minimum atomic E-state index is -0.566. The van der Waals surface area contributed by atoms with Crippen molar-refractivity contribution in [3.63, 3.8) is 0 Å². The number of methoxy groups -OCH3 is 1. The first-order valence-corrected chi connectivity index (χ1v) is 11.3. The second-order valence-electron chi connectivity index (χ2n) is 7.59. The summed E-state index contributed by atoms with van der Waals surface area (Å²) >= 11 is 1.65. The van der Waals surface area contributed by atoms with Gasteiger partial charge in [-0.05, 0) is 50.2 Å². The number of hydrogen-bond donors (Lipinski definition) is 3. The monoisotopic (exact) mass is 427 g/mol. The molecule has 7 nitrogen and oxygen atoms in total. The molecule has 4 rings (SSSR count). The summed E-state index contributed by atoms with van der Waals surface area (Å²) in [6, 6.07) is 2.41. The zero-order valence-electron chi connectivity index (χ0n) is 17.2. The van der Waals surface area contributed by atoms with Crippen molar-refractivity contribution in [3.8, 4) is 0 Å². The first kappa shape index (κ1) is 21.1. The van der Waals surface area contributed by atoms with Gasteiger partial charge in [-0.2, -0.15) is 0 Å². The van der Waals surface area contributed by atoms with E-state index in [-0.39, 0.29) is 6.23 Å². The smallest absolute Gasteiger partial charge is 0.147 e. The molecule has 0 aliphatic carbocycles. The van der Waals surface area contributed by atoms with Crippen LogP contribution >= 0.6 is 11.3 Å². The van der Waals surface area contributed by atoms with Gasteiger partial charge >= 0.3 is 0 Å². The molecule has 30 heavy (non-hydrogen) atoms. The van der Waals surface area contributed by atoms with E-state index in [4.69, 9.17) is 4.74 Å². The average Bonchev–Trinajstić information content (AvgIpc) is 3.30. The van der Waals surface area contributed by atoms with Crippen LogP contribution in [0.25, 0.3) is 12.2 Å². The fraction of sp³-hybridized carbons (Fsp3) is 0.455. The van der Waals surface area contributed by atoms with Gasteiger partial charge in [0, 0.05) is 49.6 Å². The Morgan fingerprint density at radius 1 is 1.37 bits per heavy atom. The number of nitrogens with zero attached hydrogens (tertiary/aromatic N) is 3. The lowest BCUT2D eigenvalue weighted by atomic mass is 10.0. The number of pyridine rings is 1. The third kappa shape index (κ3) is 5.33. The molecule has 2 aromatic heterocycles. The molecule has 1 saturated heterocycles. The number of rotatable bonds is 8. The number of thiazole rings is 1. The molecule has 0 saturated carbocycles. The van der Waals surface area contributed by atoms with E-state index in [2.05, 4.69) is 37.7 Å². The first-order chi connectivity index (χ1) is 14.7. The van der Waals surface area contributed by atoms with Crippen molar-refractivity contribution in [2.45, 2.75) is 31.2 Å². The number of anilines is 1. The molecule has 0 radical (unpaired) electrons. The van der Waals surface area contributed by atoms with Crippen molar-refractivity contribution < 1.29 is 9.84 Å². The van der Waals surface area contributed by atoms with E-state index < -0.39 is 6.10 Å². The van der Waals surface area contributed by atoms with Crippen LogP contribution in [0.5, 0.6) is 0 Å². The Morgan fingerprint density at radius 3 is 3.00 bits per heavy atom. The van der Waals surface area contributed by atoms with E-state index in [9.17, 15) is 5.11 Å². The van der Waals surface area contributed by atoms with Gasteiger partial charge in [-0.1, -0.05) is 6.08 Å². The molecule has 2 aliphatic rings. The van der Waals surface area contributed by atoms with E-state index in [0.29, 0.717) is 12.6 Å². The first-order valence-electron chi connectivity index (χ1n) is 10.4. The Kier molecular flexibility index (Phi) is 7.24. The predicted molar refractivity (Wildman–Crippen MR) is 121 cm³/mol. The highest BCUT2D eigenvalue weighted by molar-refractivity contribution is 7.10. The Labute approximate surface area is 181 Å². The van der Waals surface area contributed by atoms with Crippen molar-refractivity contribution in [1.82, 2.24) is 20.2 Å². The summed E-state index contributed by atoms with van der Waals surface area (Å²) in [7, 11) is 1.66. The highest BCUT2D eigenvalue weighted by Crippen LogP contribution is 2.30. The van der Waals surface area contributed by atoms with Gasteiger partial charge in [0.15, 0.2) is 0 Å². The molecule has 1 unspecified atom stereocenters. The van der Waals surface area contributed by atoms with E-state index in [1.165, 1.54) is 0 Å². The SMILES string of the molecule is COC1C=Cc2nccc([C@@H](O)CN3CCC(NC/C=C/c4nccs4)CC3)c2N1. The predicted octanol–water partition coefficient (Wildman–Crippen LogP) is 2.75. The molecule has 0 spiro atoms. The Morgan fingerprint density at radius 2 is 2.23 bits per heavy atom. The number of ether oxygens (including phenoxy) is 1. The van der Waals surface area contributed by atoms with Gasteiger partial charge in [0.05, 0.1) is 17.5 Å². The lowest BCUT2D eigenvalue weighted by Crippen LogP contribution is -2.43. The molecule has 4 heterocycles. The van der Waals surface area contributed by atoms with Crippen LogP contribution in [0.4, 0.5) is 5.69 Å². The van der Waals surface area contributed by atoms with Crippen LogP contribution in [0.15, 0.2) is 36.0 Å². The maximum atomic E-state index is 10.9. The Balaban J connectivity index is 1.25. The molecular weight excluding hydrogens is 398 g/mol. The van der Waals surface area contributed by atoms with Crippen LogP contribution in [0.2, 0.25) is 0 Å². The second-order valence-corrected chi connectivity index (χ2v) is 8.52. The van der Waals surface area contributed by atoms with Gasteiger partial charge in [-0.3, -0.25) is 4.98 Å². The second kappa shape index (κ2) is 10.3. The number of fused-ring (bicyclic) bond motifs is 1. The number of aliphatic hydroxyl groups is 1. The minimum Gasteiger partial charge on any atom is -0.387 e. The van der Waals surface area contributed by atoms with Crippen LogP contribution in [0, 0.1) is 0 Å². The molecule has 8 heteroatoms. The molecule has 2 aliphatic heterocycles. The number of aliphatic hydroxyl groups excluding tert-OH is 1. The fourth-order valence-electron chi connectivity index (χ4n) is 3.94. The molecular formula is C22H29N5O2S. The molecule has 160 valence electrons. The molecule has 0 bridgehead atoms. The number of hydrogen-bond acceptors (Lipinski definition) is 8. The standard InChI is InChI=1S/C22H29N5O2S/c1-29-20-5-4-18-22(26-20)17(6-10-24-18)19(28)15-27-12-7-16(8-13-27)23-9-2-3-21-25-11-14-30-21/h2-6,10-11,14,16,19-20,23,26,28H,7-9,12-13,15H2,1H3/b3-2+/t19-,20?/m0/s1. The highest BCUT2D eigenvalue weighted by atomic mass is 32.1. The third-order valence-corrected chi connectivity index (χ3v) is 6.34. The average molecular weight is 428 g/mol. The molecule has 2 atom stereocenters. The normalized spacial score (nSPS) is 20.9. The van der Waals surface area contributed by atoms with Gasteiger partial charge in [-0.25, -0.2) is 4.98 Å². The van der Waals surface area contributed by atoms with Crippen LogP contribution in [0.3, 0.4) is 0 Å². The van der Waals surface area contributed by atoms with Crippen molar-refractivity contribution in [2.75, 3.05) is 38.6 Å². The van der Waals surface area contributed by atoms with Gasteiger partial charge in [0.2, 0.25) is 0 Å². The van der Waals surface area contributed by atoms with E-state index in [0.717, 1.165) is 54.4 Å². The summed E-state index contributed by atoms with van der Waals surface area (Å²) in [4.78, 5) is 11.0. The summed E-state index contributed by atoms with van der Waals surface area (Å²) in [6.45, 7) is 3.44. The van der Waals surface area contributed by atoms with Crippen LogP contribution < -0.4 is 10.6 Å². The van der Waals surface area contributed by atoms with Crippen molar-refractivity contribution in [2.24, 2.45) is 0 Å². The van der Waals surface area contributed by atoms with Crippen LogP contribution in [0.1, 0.15) is 35.2 Å². The highest BCUT2D eigenvalue weighted by Gasteiger charge is 2.24. The van der Waals surface area contributed by atoms with Gasteiger partial charge in [-0.15, -0.1) is 11.3 Å². The summed E-state index contributed by atoms with van der Waals surface area (Å²) < 4.78 is 5.37. The molecule has 0 amide bonds. The molecule has 3 N–H and O–H groups in total. The third-order valence-electron chi connectivity index (χ3n) is 5.60. The van der Waals surface area contributed by atoms with E-state index >= 15 is 0 Å². The van der Waals surface area contributed by atoms with E-state index in [1.54, 1.807) is 24.6 Å². The number of nitrogens with one attached hydrogen (secondary N) is 2. The quantitative estimate of drug-likeness (QED) is 0.598. The van der Waals surface area contributed by atoms with Crippen molar-refractivity contribution in [3.05, 3.63) is 52.3 Å². The van der Waals surface area contributed by atoms with Crippen molar-refractivity contribution >= 4 is 29.2 Å². The van der Waals surface area contributed by atoms with Gasteiger partial charge in [0.25, 0.3) is 0 Å². The van der Waals surface area contributed by atoms with Crippen molar-refractivity contribution in [1.29, 1.82) is 0 Å². The molecule has 2 aromatic rings. The van der Waals surface area contributed by atoms with Crippen LogP contribution in [-0.2, 0) is 4.74 Å².